The van der Waals surface area contributed by atoms with Crippen LogP contribution in [0.1, 0.15) is 12.8 Å². The van der Waals surface area contributed by atoms with E-state index in [-0.39, 0.29) is 6.61 Å². The Morgan fingerprint density at radius 3 is 2.82 bits per heavy atom. The Morgan fingerprint density at radius 2 is 2.09 bits per heavy atom. The van der Waals surface area contributed by atoms with E-state index in [2.05, 4.69) is 22.2 Å². The lowest BCUT2D eigenvalue weighted by molar-refractivity contribution is 0.0853. The molecule has 1 saturated heterocycles. The number of benzene rings is 1. The first kappa shape index (κ1) is 23.2. The molecule has 1 aliphatic heterocycles. The van der Waals surface area contributed by atoms with Gasteiger partial charge in [0.15, 0.2) is 11.6 Å². The molecule has 0 radical (unpaired) electrons. The third-order valence-electron chi connectivity index (χ3n) is 5.84. The number of hydrogen-bond donors (Lipinski definition) is 2. The predicted molar refractivity (Wildman–Crippen MR) is 127 cm³/mol. The van der Waals surface area contributed by atoms with E-state index >= 15 is 0 Å². The van der Waals surface area contributed by atoms with Gasteiger partial charge in [0.2, 0.25) is 0 Å². The number of anilines is 1. The predicted octanol–water partition coefficient (Wildman–Crippen LogP) is 2.12. The highest BCUT2D eigenvalue weighted by molar-refractivity contribution is 5.65. The van der Waals surface area contributed by atoms with Gasteiger partial charge in [0.25, 0.3) is 0 Å². The van der Waals surface area contributed by atoms with E-state index < -0.39 is 6.10 Å². The molecule has 9 heteroatoms. The highest BCUT2D eigenvalue weighted by Crippen LogP contribution is 2.29. The lowest BCUT2D eigenvalue weighted by Gasteiger charge is -2.32. The van der Waals surface area contributed by atoms with Crippen LogP contribution in [0.2, 0.25) is 0 Å². The molecule has 33 heavy (non-hydrogen) atoms. The van der Waals surface area contributed by atoms with Gasteiger partial charge in [-0.1, -0.05) is 12.1 Å². The van der Waals surface area contributed by atoms with Crippen LogP contribution in [0.15, 0.2) is 42.7 Å². The van der Waals surface area contributed by atoms with Crippen molar-refractivity contribution in [3.63, 3.8) is 0 Å². The second-order valence-corrected chi connectivity index (χ2v) is 8.30. The molecule has 1 aliphatic rings. The molecular formula is C24H32N6O3. The minimum absolute atomic E-state index is 0.205. The standard InChI is InChI=1S/C24H32N6O3/c1-25-15-19(31)16-33-20-6-4-5-17(13-20)23-27-21(24-26-9-10-29(24)2)14-22(28-23)30(3)18-7-11-32-12-8-18/h4-6,9-10,13-14,18-19,25,31H,7-8,11-12,15-16H2,1-3H3/t19-/m0/s1. The number of aryl methyl sites for hydroxylation is 1. The molecule has 4 rings (SSSR count). The highest BCUT2D eigenvalue weighted by atomic mass is 16.5. The van der Waals surface area contributed by atoms with E-state index in [0.717, 1.165) is 49.0 Å². The highest BCUT2D eigenvalue weighted by Gasteiger charge is 2.22. The van der Waals surface area contributed by atoms with E-state index in [1.165, 1.54) is 0 Å². The monoisotopic (exact) mass is 452 g/mol. The summed E-state index contributed by atoms with van der Waals surface area (Å²) in [6.45, 7) is 2.20. The molecule has 2 N–H and O–H groups in total. The molecular weight excluding hydrogens is 420 g/mol. The zero-order valence-electron chi connectivity index (χ0n) is 19.4. The van der Waals surface area contributed by atoms with Crippen molar-refractivity contribution in [3.8, 4) is 28.7 Å². The fraction of sp³-hybridized carbons (Fsp3) is 0.458. The number of likely N-dealkylation sites (N-methyl/N-ethyl adjacent to an activating group) is 1. The number of ether oxygens (including phenoxy) is 2. The molecule has 176 valence electrons. The number of aliphatic hydroxyl groups is 1. The molecule has 3 heterocycles. The van der Waals surface area contributed by atoms with Gasteiger partial charge in [-0.3, -0.25) is 0 Å². The molecule has 9 nitrogen and oxygen atoms in total. The lowest BCUT2D eigenvalue weighted by Crippen LogP contribution is -2.37. The number of hydrogen-bond acceptors (Lipinski definition) is 8. The van der Waals surface area contributed by atoms with Gasteiger partial charge in [-0.15, -0.1) is 0 Å². The van der Waals surface area contributed by atoms with Crippen molar-refractivity contribution in [3.05, 3.63) is 42.7 Å². The lowest BCUT2D eigenvalue weighted by atomic mass is 10.1. The number of nitrogens with one attached hydrogen (secondary N) is 1. The zero-order valence-corrected chi connectivity index (χ0v) is 19.4. The van der Waals surface area contributed by atoms with Crippen molar-refractivity contribution < 1.29 is 14.6 Å². The Kier molecular flexibility index (Phi) is 7.54. The van der Waals surface area contributed by atoms with Crippen LogP contribution in [0.4, 0.5) is 5.82 Å². The van der Waals surface area contributed by atoms with Gasteiger partial charge in [0.1, 0.15) is 30.0 Å². The molecule has 0 unspecified atom stereocenters. The van der Waals surface area contributed by atoms with Crippen molar-refractivity contribution in [2.24, 2.45) is 7.05 Å². The van der Waals surface area contributed by atoms with Gasteiger partial charge in [0.05, 0.1) is 0 Å². The maximum Gasteiger partial charge on any atom is 0.162 e. The first-order valence-corrected chi connectivity index (χ1v) is 11.3. The fourth-order valence-electron chi connectivity index (χ4n) is 3.94. The maximum absolute atomic E-state index is 9.95. The summed E-state index contributed by atoms with van der Waals surface area (Å²) in [6, 6.07) is 10.0. The SMILES string of the molecule is CNC[C@H](O)COc1cccc(-c2nc(-c3nccn3C)cc(N(C)C3CCOCC3)n2)c1. The van der Waals surface area contributed by atoms with Crippen LogP contribution in [-0.4, -0.2) is 77.2 Å². The van der Waals surface area contributed by atoms with Crippen LogP contribution in [0.25, 0.3) is 22.9 Å². The van der Waals surface area contributed by atoms with Crippen molar-refractivity contribution in [2.45, 2.75) is 25.0 Å². The molecule has 0 spiro atoms. The topological polar surface area (TPSA) is 97.6 Å². The van der Waals surface area contributed by atoms with Crippen molar-refractivity contribution >= 4 is 5.82 Å². The molecule has 0 saturated carbocycles. The van der Waals surface area contributed by atoms with Crippen molar-refractivity contribution in [2.75, 3.05) is 45.4 Å². The summed E-state index contributed by atoms with van der Waals surface area (Å²) in [5.41, 5.74) is 1.60. The largest absolute Gasteiger partial charge is 0.491 e. The van der Waals surface area contributed by atoms with E-state index in [9.17, 15) is 5.11 Å². The van der Waals surface area contributed by atoms with Gasteiger partial charge in [-0.05, 0) is 32.0 Å². The number of aliphatic hydroxyl groups excluding tert-OH is 1. The summed E-state index contributed by atoms with van der Waals surface area (Å²) in [5, 5.41) is 12.9. The van der Waals surface area contributed by atoms with Gasteiger partial charge >= 0.3 is 0 Å². The first-order chi connectivity index (χ1) is 16.0. The first-order valence-electron chi connectivity index (χ1n) is 11.3. The number of aromatic nitrogens is 4. The molecule has 0 amide bonds. The molecule has 0 aliphatic carbocycles. The van der Waals surface area contributed by atoms with E-state index in [4.69, 9.17) is 19.4 Å². The molecule has 1 atom stereocenters. The Balaban J connectivity index is 1.67. The quantitative estimate of drug-likeness (QED) is 0.510. The second kappa shape index (κ2) is 10.7. The Morgan fingerprint density at radius 1 is 1.27 bits per heavy atom. The Bertz CT molecular complexity index is 1050. The summed E-state index contributed by atoms with van der Waals surface area (Å²) >= 11 is 0. The van der Waals surface area contributed by atoms with E-state index in [0.29, 0.717) is 24.2 Å². The average Bonchev–Trinajstić information content (AvgIpc) is 3.29. The summed E-state index contributed by atoms with van der Waals surface area (Å²) in [5.74, 6) is 2.89. The fourth-order valence-corrected chi connectivity index (χ4v) is 3.94. The van der Waals surface area contributed by atoms with Gasteiger partial charge in [-0.2, -0.15) is 0 Å². The van der Waals surface area contributed by atoms with E-state index in [1.807, 2.05) is 48.1 Å². The van der Waals surface area contributed by atoms with Crippen LogP contribution in [0.5, 0.6) is 5.75 Å². The number of nitrogens with zero attached hydrogens (tertiary/aromatic N) is 5. The molecule has 2 aromatic heterocycles. The minimum atomic E-state index is -0.582. The molecule has 1 fully saturated rings. The second-order valence-electron chi connectivity index (χ2n) is 8.30. The third kappa shape index (κ3) is 5.68. The van der Waals surface area contributed by atoms with Crippen LogP contribution in [0, 0.1) is 0 Å². The summed E-state index contributed by atoms with van der Waals surface area (Å²) in [7, 11) is 5.83. The van der Waals surface area contributed by atoms with Gasteiger partial charge in [0, 0.05) is 63.9 Å². The van der Waals surface area contributed by atoms with Crippen molar-refractivity contribution in [1.82, 2.24) is 24.8 Å². The Labute approximate surface area is 194 Å². The van der Waals surface area contributed by atoms with Crippen LogP contribution in [0.3, 0.4) is 0 Å². The third-order valence-corrected chi connectivity index (χ3v) is 5.84. The number of rotatable bonds is 9. The summed E-state index contributed by atoms with van der Waals surface area (Å²) in [4.78, 5) is 16.5. The Hall–Kier alpha value is -3.01. The van der Waals surface area contributed by atoms with E-state index in [1.54, 1.807) is 13.2 Å². The molecule has 1 aromatic carbocycles. The van der Waals surface area contributed by atoms with Gasteiger partial charge in [-0.25, -0.2) is 15.0 Å². The summed E-state index contributed by atoms with van der Waals surface area (Å²) in [6.07, 6.45) is 5.02. The van der Waals surface area contributed by atoms with Crippen LogP contribution >= 0.6 is 0 Å². The normalized spacial score (nSPS) is 15.4. The summed E-state index contributed by atoms with van der Waals surface area (Å²) < 4.78 is 13.3. The maximum atomic E-state index is 9.95. The van der Waals surface area contributed by atoms with Gasteiger partial charge < -0.3 is 29.4 Å². The van der Waals surface area contributed by atoms with Crippen LogP contribution < -0.4 is 15.0 Å². The zero-order chi connectivity index (χ0) is 23.2. The molecule has 3 aromatic rings. The molecule has 0 bridgehead atoms. The smallest absolute Gasteiger partial charge is 0.162 e. The van der Waals surface area contributed by atoms with Crippen molar-refractivity contribution in [1.29, 1.82) is 0 Å². The minimum Gasteiger partial charge on any atom is -0.491 e. The average molecular weight is 453 g/mol. The number of imidazole rings is 1. The van der Waals surface area contributed by atoms with Crippen LogP contribution in [-0.2, 0) is 11.8 Å².